The topological polar surface area (TPSA) is 73.0 Å². The van der Waals surface area contributed by atoms with Gasteiger partial charge in [-0.25, -0.2) is 27.1 Å². The van der Waals surface area contributed by atoms with Gasteiger partial charge in [0.05, 0.1) is 54.8 Å². The van der Waals surface area contributed by atoms with E-state index in [-0.39, 0.29) is 11.9 Å². The largest absolute Gasteiger partial charge is 0.323 e. The van der Waals surface area contributed by atoms with E-state index < -0.39 is 10.0 Å². The number of hydrogen-bond acceptors (Lipinski definition) is 4. The molecule has 0 spiro atoms. The number of rotatable bonds is 4. The van der Waals surface area contributed by atoms with Crippen molar-refractivity contribution in [3.05, 3.63) is 84.5 Å². The minimum absolute atomic E-state index is 0.116. The van der Waals surface area contributed by atoms with E-state index in [1.807, 2.05) is 32.4 Å². The van der Waals surface area contributed by atoms with E-state index in [9.17, 15) is 12.8 Å². The number of benzene rings is 2. The van der Waals surface area contributed by atoms with Crippen molar-refractivity contribution in [2.24, 2.45) is 11.8 Å². The number of piperidine rings is 1. The number of fused-ring (bicyclic) bond motifs is 6. The molecule has 7 nitrogen and oxygen atoms in total. The van der Waals surface area contributed by atoms with Crippen molar-refractivity contribution in [2.45, 2.75) is 59.0 Å². The Bertz CT molecular complexity index is 1600. The van der Waals surface area contributed by atoms with Crippen LogP contribution in [0.15, 0.2) is 67.5 Å². The van der Waals surface area contributed by atoms with Crippen molar-refractivity contribution in [2.75, 3.05) is 19.3 Å². The molecule has 0 saturated carbocycles. The minimum atomic E-state index is -3.12. The van der Waals surface area contributed by atoms with Gasteiger partial charge >= 0.3 is 0 Å². The van der Waals surface area contributed by atoms with Crippen LogP contribution in [-0.4, -0.2) is 51.2 Å². The first-order valence-corrected chi connectivity index (χ1v) is 16.4. The van der Waals surface area contributed by atoms with E-state index in [0.717, 1.165) is 29.7 Å². The molecule has 2 aromatic heterocycles. The Morgan fingerprint density at radius 3 is 2.20 bits per heavy atom. The van der Waals surface area contributed by atoms with E-state index in [1.165, 1.54) is 35.6 Å². The van der Waals surface area contributed by atoms with Crippen LogP contribution in [0, 0.1) is 17.7 Å². The fourth-order valence-electron chi connectivity index (χ4n) is 6.52. The number of aromatic nitrogens is 4. The number of halogens is 1. The molecule has 5 heterocycles. The predicted octanol–water partition coefficient (Wildman–Crippen LogP) is 6.79. The quantitative estimate of drug-likeness (QED) is 0.268. The van der Waals surface area contributed by atoms with Crippen LogP contribution in [0.5, 0.6) is 0 Å². The Morgan fingerprint density at radius 1 is 0.902 bits per heavy atom. The van der Waals surface area contributed by atoms with Crippen molar-refractivity contribution in [1.82, 2.24) is 23.4 Å². The standard InChI is InChI=1S/C16H18FN3O2S.C14H16N2.C2H6/c1-23(21,22)19-6-4-11(5-7-19)16-13-3-2-12(17)8-14(13)15-9-18-10-20(15)16;1-10(2)7-13-11-5-3-4-6-12(11)14-8-15-9-16(13)14;1-2/h2-3,8-11,16H,4-7H2,1H3;3-6,8-10,13H,7H2,1-2H3;1-2H3. The summed E-state index contributed by atoms with van der Waals surface area (Å²) in [4.78, 5) is 8.47. The lowest BCUT2D eigenvalue weighted by Crippen LogP contribution is -2.39. The van der Waals surface area contributed by atoms with E-state index in [1.54, 1.807) is 22.9 Å². The second-order valence-electron chi connectivity index (χ2n) is 11.3. The molecule has 0 N–H and O–H groups in total. The molecule has 218 valence electrons. The summed E-state index contributed by atoms with van der Waals surface area (Å²) in [6, 6.07) is 14.2. The highest BCUT2D eigenvalue weighted by molar-refractivity contribution is 7.88. The average Bonchev–Trinajstić information content (AvgIpc) is 3.73. The fraction of sp³-hybridized carbons (Fsp3) is 0.438. The molecule has 4 aromatic rings. The van der Waals surface area contributed by atoms with Crippen LogP contribution < -0.4 is 0 Å². The van der Waals surface area contributed by atoms with Gasteiger partial charge in [-0.2, -0.15) is 0 Å². The highest BCUT2D eigenvalue weighted by atomic mass is 32.2. The van der Waals surface area contributed by atoms with Gasteiger partial charge < -0.3 is 9.13 Å². The summed E-state index contributed by atoms with van der Waals surface area (Å²) in [6.45, 7) is 9.64. The zero-order valence-electron chi connectivity index (χ0n) is 24.5. The van der Waals surface area contributed by atoms with Gasteiger partial charge in [-0.15, -0.1) is 0 Å². The lowest BCUT2D eigenvalue weighted by atomic mass is 9.86. The highest BCUT2D eigenvalue weighted by Crippen LogP contribution is 2.46. The second kappa shape index (κ2) is 11.9. The van der Waals surface area contributed by atoms with Crippen LogP contribution in [0.3, 0.4) is 0 Å². The molecule has 0 amide bonds. The summed E-state index contributed by atoms with van der Waals surface area (Å²) in [5.74, 6) is 0.781. The Kier molecular flexibility index (Phi) is 8.47. The third-order valence-electron chi connectivity index (χ3n) is 8.28. The maximum Gasteiger partial charge on any atom is 0.211 e. The summed E-state index contributed by atoms with van der Waals surface area (Å²) < 4.78 is 42.9. The molecule has 3 aliphatic rings. The molecule has 3 aliphatic heterocycles. The monoisotopic (exact) mass is 577 g/mol. The molecule has 2 unspecified atom stereocenters. The number of hydrogen-bond donors (Lipinski definition) is 0. The fourth-order valence-corrected chi connectivity index (χ4v) is 7.39. The molecule has 0 aliphatic carbocycles. The first-order chi connectivity index (χ1) is 19.7. The Balaban J connectivity index is 0.000000164. The second-order valence-corrected chi connectivity index (χ2v) is 13.3. The zero-order chi connectivity index (χ0) is 29.3. The average molecular weight is 578 g/mol. The summed E-state index contributed by atoms with van der Waals surface area (Å²) in [7, 11) is -3.12. The van der Waals surface area contributed by atoms with Gasteiger partial charge in [0, 0.05) is 24.2 Å². The number of nitrogens with zero attached hydrogens (tertiary/aromatic N) is 5. The van der Waals surface area contributed by atoms with Crippen LogP contribution in [-0.2, 0) is 10.0 Å². The third-order valence-corrected chi connectivity index (χ3v) is 9.59. The van der Waals surface area contributed by atoms with Gasteiger partial charge in [0.2, 0.25) is 10.0 Å². The van der Waals surface area contributed by atoms with Gasteiger partial charge in [-0.1, -0.05) is 58.0 Å². The summed E-state index contributed by atoms with van der Waals surface area (Å²) >= 11 is 0. The lowest BCUT2D eigenvalue weighted by Gasteiger charge is -2.34. The van der Waals surface area contributed by atoms with Crippen LogP contribution >= 0.6 is 0 Å². The maximum atomic E-state index is 13.6. The first kappa shape index (κ1) is 29.2. The Hall–Kier alpha value is -3.30. The molecule has 41 heavy (non-hydrogen) atoms. The van der Waals surface area contributed by atoms with E-state index >= 15 is 0 Å². The summed E-state index contributed by atoms with van der Waals surface area (Å²) in [6.07, 6.45) is 11.5. The van der Waals surface area contributed by atoms with Gasteiger partial charge in [0.25, 0.3) is 0 Å². The van der Waals surface area contributed by atoms with Crippen LogP contribution in [0.4, 0.5) is 4.39 Å². The van der Waals surface area contributed by atoms with Crippen molar-refractivity contribution in [3.63, 3.8) is 0 Å². The summed E-state index contributed by atoms with van der Waals surface area (Å²) in [5.41, 5.74) is 7.02. The smallest absolute Gasteiger partial charge is 0.211 e. The molecule has 9 heteroatoms. The minimum Gasteiger partial charge on any atom is -0.323 e. The van der Waals surface area contributed by atoms with Crippen molar-refractivity contribution in [3.8, 4) is 22.5 Å². The number of sulfonamides is 1. The van der Waals surface area contributed by atoms with E-state index in [2.05, 4.69) is 57.2 Å². The van der Waals surface area contributed by atoms with Gasteiger partial charge in [0.15, 0.2) is 0 Å². The van der Waals surface area contributed by atoms with Crippen molar-refractivity contribution < 1.29 is 12.8 Å². The van der Waals surface area contributed by atoms with Gasteiger partial charge in [0.1, 0.15) is 5.82 Å². The molecule has 0 bridgehead atoms. The van der Waals surface area contributed by atoms with Gasteiger partial charge in [-0.3, -0.25) is 0 Å². The Labute approximate surface area is 243 Å². The van der Waals surface area contributed by atoms with Crippen LogP contribution in [0.2, 0.25) is 0 Å². The molecular weight excluding hydrogens is 537 g/mol. The normalized spacial score (nSPS) is 19.4. The maximum absolute atomic E-state index is 13.6. The predicted molar refractivity (Wildman–Crippen MR) is 162 cm³/mol. The number of imidazole rings is 2. The zero-order valence-corrected chi connectivity index (χ0v) is 25.4. The summed E-state index contributed by atoms with van der Waals surface area (Å²) in [5, 5.41) is 0. The van der Waals surface area contributed by atoms with Gasteiger partial charge in [-0.05, 0) is 54.4 Å². The molecule has 2 atom stereocenters. The van der Waals surface area contributed by atoms with Crippen molar-refractivity contribution in [1.29, 1.82) is 0 Å². The molecule has 1 fully saturated rings. The Morgan fingerprint density at radius 2 is 1.54 bits per heavy atom. The SMILES string of the molecule is CC.CC(C)CC1c2ccccc2-c2cncn21.CS(=O)(=O)N1CCC(C2c3ccc(F)cc3-c3cncn32)CC1. The van der Waals surface area contributed by atoms with Crippen molar-refractivity contribution >= 4 is 10.0 Å². The lowest BCUT2D eigenvalue weighted by molar-refractivity contribution is 0.233. The van der Waals surface area contributed by atoms with E-state index in [0.29, 0.717) is 31.0 Å². The molecule has 2 aromatic carbocycles. The third kappa shape index (κ3) is 5.62. The van der Waals surface area contributed by atoms with E-state index in [4.69, 9.17) is 0 Å². The molecule has 0 radical (unpaired) electrons. The molecule has 1 saturated heterocycles. The first-order valence-electron chi connectivity index (χ1n) is 14.6. The molecular formula is C32H40FN5O2S. The molecule has 7 rings (SSSR count). The highest BCUT2D eigenvalue weighted by Gasteiger charge is 2.37. The van der Waals surface area contributed by atoms with Crippen LogP contribution in [0.25, 0.3) is 22.5 Å². The van der Waals surface area contributed by atoms with Crippen LogP contribution in [0.1, 0.15) is 70.2 Å².